The highest BCUT2D eigenvalue weighted by molar-refractivity contribution is 6.11. The smallest absolute Gasteiger partial charge is 0.339 e. The number of ketones is 1. The number of carbonyl (C=O) groups excluding carboxylic acids is 3. The minimum absolute atomic E-state index is 0.0173. The predicted octanol–water partition coefficient (Wildman–Crippen LogP) is 3.23. The largest absolute Gasteiger partial charge is 0.406 e. The number of urea groups is 1. The van der Waals surface area contributed by atoms with Crippen molar-refractivity contribution in [2.75, 3.05) is 6.54 Å². The van der Waals surface area contributed by atoms with Crippen molar-refractivity contribution in [2.45, 2.75) is 39.0 Å². The summed E-state index contributed by atoms with van der Waals surface area (Å²) in [7, 11) is 0. The van der Waals surface area contributed by atoms with Gasteiger partial charge in [0.2, 0.25) is 0 Å². The number of nitrogens with zero attached hydrogens (tertiary/aromatic N) is 3. The van der Waals surface area contributed by atoms with Crippen LogP contribution in [0.15, 0.2) is 30.3 Å². The van der Waals surface area contributed by atoms with Gasteiger partial charge in [-0.1, -0.05) is 0 Å². The van der Waals surface area contributed by atoms with E-state index in [-0.39, 0.29) is 28.2 Å². The quantitative estimate of drug-likeness (QED) is 0.313. The number of nitro benzene ring substituents is 1. The van der Waals surface area contributed by atoms with Crippen LogP contribution in [0.3, 0.4) is 0 Å². The zero-order chi connectivity index (χ0) is 24.0. The summed E-state index contributed by atoms with van der Waals surface area (Å²) in [5.41, 5.74) is -1.20. The van der Waals surface area contributed by atoms with E-state index < -0.39 is 47.4 Å². The van der Waals surface area contributed by atoms with Gasteiger partial charge in [-0.05, 0) is 44.5 Å². The van der Waals surface area contributed by atoms with Crippen molar-refractivity contribution in [1.29, 1.82) is 0 Å². The van der Waals surface area contributed by atoms with Crippen molar-refractivity contribution >= 4 is 23.4 Å². The summed E-state index contributed by atoms with van der Waals surface area (Å²) in [5, 5.41) is 13.3. The number of hydrogen-bond donors (Lipinski definition) is 1. The number of benzene rings is 1. The molecule has 1 aromatic heterocycles. The number of hydrogen-bond acceptors (Lipinski definition) is 5. The third-order valence-corrected chi connectivity index (χ3v) is 5.44. The zero-order valence-electron chi connectivity index (χ0n) is 17.3. The highest BCUT2D eigenvalue weighted by atomic mass is 19.4. The molecule has 0 aliphatic carbocycles. The molecule has 3 amide bonds. The molecule has 0 radical (unpaired) electrons. The van der Waals surface area contributed by atoms with Crippen LogP contribution >= 0.6 is 0 Å². The number of aryl methyl sites for hydroxylation is 1. The van der Waals surface area contributed by atoms with E-state index in [4.69, 9.17) is 0 Å². The van der Waals surface area contributed by atoms with Gasteiger partial charge in [-0.3, -0.25) is 24.6 Å². The second-order valence-electron chi connectivity index (χ2n) is 7.66. The Morgan fingerprint density at radius 2 is 1.78 bits per heavy atom. The van der Waals surface area contributed by atoms with Gasteiger partial charge in [0, 0.05) is 29.1 Å². The molecule has 1 aromatic carbocycles. The molecule has 1 fully saturated rings. The molecule has 1 N–H and O–H groups in total. The van der Waals surface area contributed by atoms with E-state index in [1.54, 1.807) is 0 Å². The second-order valence-corrected chi connectivity index (χ2v) is 7.66. The molecule has 1 unspecified atom stereocenters. The number of alkyl halides is 3. The van der Waals surface area contributed by atoms with Crippen LogP contribution in [0.2, 0.25) is 0 Å². The Hall–Kier alpha value is -3.70. The van der Waals surface area contributed by atoms with E-state index in [0.29, 0.717) is 4.90 Å². The standard InChI is InChI=1S/C20H19F3N4O5/c1-11-8-15(12(2)26(11)10-20(21,22)23)16(28)9-25-17(29)19(3,24-18(25)30)13-4-6-14(7-5-13)27(31)32/h4-8H,9-10H2,1-3H3,(H,24,30). The summed E-state index contributed by atoms with van der Waals surface area (Å²) < 4.78 is 39.4. The summed E-state index contributed by atoms with van der Waals surface area (Å²) >= 11 is 0. The number of amides is 3. The molecule has 0 saturated carbocycles. The Morgan fingerprint density at radius 1 is 1.19 bits per heavy atom. The van der Waals surface area contributed by atoms with E-state index in [1.165, 1.54) is 51.1 Å². The average molecular weight is 452 g/mol. The van der Waals surface area contributed by atoms with Gasteiger partial charge >= 0.3 is 12.2 Å². The van der Waals surface area contributed by atoms with Crippen LogP contribution in [0.4, 0.5) is 23.7 Å². The SMILES string of the molecule is Cc1cc(C(=O)CN2C(=O)NC(C)(c3ccc([N+](=O)[O-])cc3)C2=O)c(C)n1CC(F)(F)F. The zero-order valence-corrected chi connectivity index (χ0v) is 17.3. The van der Waals surface area contributed by atoms with Crippen LogP contribution in [0, 0.1) is 24.0 Å². The molecule has 9 nitrogen and oxygen atoms in total. The minimum atomic E-state index is -4.48. The lowest BCUT2D eigenvalue weighted by atomic mass is 9.92. The number of nitrogens with one attached hydrogen (secondary N) is 1. The lowest BCUT2D eigenvalue weighted by Crippen LogP contribution is -2.41. The lowest BCUT2D eigenvalue weighted by molar-refractivity contribution is -0.384. The number of halogens is 3. The van der Waals surface area contributed by atoms with Gasteiger partial charge in [0.05, 0.1) is 11.5 Å². The van der Waals surface area contributed by atoms with Gasteiger partial charge in [0.25, 0.3) is 11.6 Å². The molecule has 1 atom stereocenters. The fraction of sp³-hybridized carbons (Fsp3) is 0.350. The lowest BCUT2D eigenvalue weighted by Gasteiger charge is -2.22. The van der Waals surface area contributed by atoms with Crippen LogP contribution in [0.25, 0.3) is 0 Å². The Morgan fingerprint density at radius 3 is 2.31 bits per heavy atom. The van der Waals surface area contributed by atoms with Gasteiger partial charge in [0.15, 0.2) is 5.78 Å². The van der Waals surface area contributed by atoms with Crippen LogP contribution in [-0.2, 0) is 16.9 Å². The third-order valence-electron chi connectivity index (χ3n) is 5.44. The van der Waals surface area contributed by atoms with Crippen LogP contribution in [0.1, 0.15) is 34.2 Å². The fourth-order valence-electron chi connectivity index (χ4n) is 3.69. The van der Waals surface area contributed by atoms with E-state index in [1.807, 2.05) is 0 Å². The first kappa shape index (κ1) is 23.0. The molecule has 12 heteroatoms. The number of imide groups is 1. The number of non-ortho nitro benzene ring substituents is 1. The topological polar surface area (TPSA) is 115 Å². The van der Waals surface area contributed by atoms with Crippen LogP contribution < -0.4 is 5.32 Å². The molecule has 1 aliphatic heterocycles. The molecule has 0 spiro atoms. The maximum atomic E-state index is 13.0. The average Bonchev–Trinajstić information content (AvgIpc) is 3.09. The maximum absolute atomic E-state index is 13.0. The van der Waals surface area contributed by atoms with Gasteiger partial charge < -0.3 is 9.88 Å². The first-order chi connectivity index (χ1) is 14.7. The number of aromatic nitrogens is 1. The molecule has 2 aromatic rings. The van der Waals surface area contributed by atoms with Crippen molar-refractivity contribution < 1.29 is 32.5 Å². The highest BCUT2D eigenvalue weighted by Crippen LogP contribution is 2.30. The fourth-order valence-corrected chi connectivity index (χ4v) is 3.69. The van der Waals surface area contributed by atoms with Gasteiger partial charge in [0.1, 0.15) is 12.1 Å². The first-order valence-corrected chi connectivity index (χ1v) is 9.40. The summed E-state index contributed by atoms with van der Waals surface area (Å²) in [6, 6.07) is 5.45. The molecule has 170 valence electrons. The Bertz CT molecular complexity index is 1120. The maximum Gasteiger partial charge on any atom is 0.406 e. The molecular weight excluding hydrogens is 433 g/mol. The number of nitro groups is 1. The van der Waals surface area contributed by atoms with Crippen LogP contribution in [-0.4, -0.2) is 44.8 Å². The Kier molecular flexibility index (Phi) is 5.58. The van der Waals surface area contributed by atoms with Crippen molar-refractivity contribution in [1.82, 2.24) is 14.8 Å². The highest BCUT2D eigenvalue weighted by Gasteiger charge is 2.49. The molecule has 3 rings (SSSR count). The van der Waals surface area contributed by atoms with Gasteiger partial charge in [-0.25, -0.2) is 4.79 Å². The number of carbonyl (C=O) groups is 3. The molecule has 2 heterocycles. The van der Waals surface area contributed by atoms with Crippen molar-refractivity contribution in [2.24, 2.45) is 0 Å². The number of Topliss-reactive ketones (excluding diaryl/α,β-unsaturated/α-hetero) is 1. The summed E-state index contributed by atoms with van der Waals surface area (Å²) in [6.07, 6.45) is -4.48. The predicted molar refractivity (Wildman–Crippen MR) is 105 cm³/mol. The van der Waals surface area contributed by atoms with Crippen LogP contribution in [0.5, 0.6) is 0 Å². The molecular formula is C20H19F3N4O5. The summed E-state index contributed by atoms with van der Waals surface area (Å²) in [6.45, 7) is 2.25. The second kappa shape index (κ2) is 7.77. The van der Waals surface area contributed by atoms with Gasteiger partial charge in [-0.15, -0.1) is 0 Å². The summed E-state index contributed by atoms with van der Waals surface area (Å²) in [5.74, 6) is -1.45. The molecule has 1 saturated heterocycles. The summed E-state index contributed by atoms with van der Waals surface area (Å²) in [4.78, 5) is 49.1. The van der Waals surface area contributed by atoms with E-state index in [0.717, 1.165) is 4.57 Å². The van der Waals surface area contributed by atoms with Crippen molar-refractivity contribution in [3.05, 3.63) is 63.0 Å². The molecule has 32 heavy (non-hydrogen) atoms. The molecule has 0 bridgehead atoms. The van der Waals surface area contributed by atoms with E-state index in [2.05, 4.69) is 5.32 Å². The number of rotatable bonds is 6. The monoisotopic (exact) mass is 452 g/mol. The third kappa shape index (κ3) is 4.07. The Labute approximate surface area is 179 Å². The van der Waals surface area contributed by atoms with Gasteiger partial charge in [-0.2, -0.15) is 13.2 Å². The normalized spacial score (nSPS) is 18.8. The molecule has 1 aliphatic rings. The first-order valence-electron chi connectivity index (χ1n) is 9.40. The minimum Gasteiger partial charge on any atom is -0.339 e. The van der Waals surface area contributed by atoms with Crippen molar-refractivity contribution in [3.63, 3.8) is 0 Å². The van der Waals surface area contributed by atoms with E-state index in [9.17, 15) is 37.7 Å². The van der Waals surface area contributed by atoms with Crippen molar-refractivity contribution in [3.8, 4) is 0 Å². The van der Waals surface area contributed by atoms with E-state index >= 15 is 0 Å². The Balaban J connectivity index is 1.83.